The van der Waals surface area contributed by atoms with Gasteiger partial charge in [-0.3, -0.25) is 0 Å². The number of nitrogens with zero attached hydrogens (tertiary/aromatic N) is 2. The fraction of sp³-hybridized carbons (Fsp3) is 0.200. The number of methoxy groups -OCH3 is 1. The number of aromatic nitrogens is 3. The van der Waals surface area contributed by atoms with Gasteiger partial charge in [-0.05, 0) is 25.1 Å². The number of anilines is 1. The van der Waals surface area contributed by atoms with Gasteiger partial charge in [-0.25, -0.2) is 4.98 Å². The molecule has 3 N–H and O–H groups in total. The van der Waals surface area contributed by atoms with Crippen molar-refractivity contribution >= 4 is 16.9 Å². The lowest BCUT2D eigenvalue weighted by atomic mass is 10.1. The van der Waals surface area contributed by atoms with Crippen LogP contribution < -0.4 is 15.2 Å². The number of nitrogens with two attached hydrogens (primary N) is 1. The van der Waals surface area contributed by atoms with Gasteiger partial charge in [0.2, 0.25) is 5.88 Å². The molecule has 108 valence electrons. The summed E-state index contributed by atoms with van der Waals surface area (Å²) in [5, 5.41) is 0. The molecule has 2 heterocycles. The monoisotopic (exact) mass is 284 g/mol. The van der Waals surface area contributed by atoms with E-state index in [0.29, 0.717) is 35.4 Å². The Bertz CT molecular complexity index is 782. The molecule has 21 heavy (non-hydrogen) atoms. The molecule has 0 spiro atoms. The molecule has 6 nitrogen and oxygen atoms in total. The lowest BCUT2D eigenvalue weighted by Crippen LogP contribution is -1.94. The molecular weight excluding hydrogens is 268 g/mol. The van der Waals surface area contributed by atoms with Crippen LogP contribution in [0.25, 0.3) is 22.6 Å². The van der Waals surface area contributed by atoms with Crippen LogP contribution in [0.2, 0.25) is 0 Å². The number of nitrogens with one attached hydrogen (secondary N) is 1. The van der Waals surface area contributed by atoms with Crippen molar-refractivity contribution in [2.24, 2.45) is 0 Å². The zero-order chi connectivity index (χ0) is 14.8. The molecule has 0 aliphatic heterocycles. The summed E-state index contributed by atoms with van der Waals surface area (Å²) in [5.41, 5.74) is 8.89. The average molecular weight is 284 g/mol. The van der Waals surface area contributed by atoms with Crippen LogP contribution >= 0.6 is 0 Å². The van der Waals surface area contributed by atoms with E-state index >= 15 is 0 Å². The molecule has 3 aromatic rings. The first kappa shape index (κ1) is 13.2. The molecule has 0 saturated carbocycles. The zero-order valence-corrected chi connectivity index (χ0v) is 11.9. The Morgan fingerprint density at radius 3 is 2.76 bits per heavy atom. The van der Waals surface area contributed by atoms with Crippen LogP contribution in [0.5, 0.6) is 11.6 Å². The van der Waals surface area contributed by atoms with Crippen molar-refractivity contribution in [2.75, 3.05) is 19.5 Å². The highest BCUT2D eigenvalue weighted by Gasteiger charge is 2.11. The number of pyridine rings is 1. The maximum absolute atomic E-state index is 6.04. The van der Waals surface area contributed by atoms with Crippen LogP contribution in [0.1, 0.15) is 6.92 Å². The summed E-state index contributed by atoms with van der Waals surface area (Å²) in [6.45, 7) is 2.49. The predicted octanol–water partition coefficient (Wildman–Crippen LogP) is 2.61. The Morgan fingerprint density at radius 2 is 2.05 bits per heavy atom. The number of H-pyrrole nitrogens is 1. The van der Waals surface area contributed by atoms with Crippen molar-refractivity contribution in [2.45, 2.75) is 6.92 Å². The average Bonchev–Trinajstić information content (AvgIpc) is 2.90. The maximum Gasteiger partial charge on any atom is 0.215 e. The van der Waals surface area contributed by atoms with E-state index in [0.717, 1.165) is 11.1 Å². The minimum atomic E-state index is 0.561. The molecule has 0 saturated heterocycles. The number of benzene rings is 1. The topological polar surface area (TPSA) is 86.0 Å². The van der Waals surface area contributed by atoms with Crippen molar-refractivity contribution in [3.05, 3.63) is 30.3 Å². The van der Waals surface area contributed by atoms with E-state index in [1.165, 1.54) is 0 Å². The third-order valence-electron chi connectivity index (χ3n) is 3.13. The Kier molecular flexibility index (Phi) is 3.35. The normalized spacial score (nSPS) is 10.8. The van der Waals surface area contributed by atoms with Gasteiger partial charge in [-0.15, -0.1) is 0 Å². The number of hydrogen-bond donors (Lipinski definition) is 2. The second-order valence-corrected chi connectivity index (χ2v) is 4.49. The van der Waals surface area contributed by atoms with Gasteiger partial charge in [0.1, 0.15) is 11.6 Å². The zero-order valence-electron chi connectivity index (χ0n) is 11.9. The molecule has 0 bridgehead atoms. The molecule has 0 radical (unpaired) electrons. The Labute approximate surface area is 121 Å². The van der Waals surface area contributed by atoms with Crippen molar-refractivity contribution < 1.29 is 9.47 Å². The van der Waals surface area contributed by atoms with Crippen LogP contribution in [0.15, 0.2) is 30.3 Å². The molecule has 0 atom stereocenters. The number of aromatic amines is 1. The molecular formula is C15H16N4O2. The second kappa shape index (κ2) is 5.32. The fourth-order valence-electron chi connectivity index (χ4n) is 2.11. The molecule has 0 aliphatic rings. The number of rotatable bonds is 4. The van der Waals surface area contributed by atoms with E-state index in [-0.39, 0.29) is 0 Å². The SMILES string of the molecule is CCOc1ccc2[nH]c(-c3ccc(OC)cc3N)nc2n1. The maximum atomic E-state index is 6.04. The highest BCUT2D eigenvalue weighted by Crippen LogP contribution is 2.29. The lowest BCUT2D eigenvalue weighted by Gasteiger charge is -2.05. The number of imidazole rings is 1. The largest absolute Gasteiger partial charge is 0.497 e. The third-order valence-corrected chi connectivity index (χ3v) is 3.13. The molecule has 0 aliphatic carbocycles. The van der Waals surface area contributed by atoms with E-state index in [4.69, 9.17) is 15.2 Å². The van der Waals surface area contributed by atoms with Crippen LogP contribution in [0.4, 0.5) is 5.69 Å². The van der Waals surface area contributed by atoms with Crippen LogP contribution in [0, 0.1) is 0 Å². The first-order valence-corrected chi connectivity index (χ1v) is 6.64. The molecule has 6 heteroatoms. The lowest BCUT2D eigenvalue weighted by molar-refractivity contribution is 0.328. The van der Waals surface area contributed by atoms with E-state index in [1.807, 2.05) is 31.2 Å². The first-order chi connectivity index (χ1) is 10.2. The van der Waals surface area contributed by atoms with E-state index < -0.39 is 0 Å². The minimum Gasteiger partial charge on any atom is -0.497 e. The summed E-state index contributed by atoms with van der Waals surface area (Å²) in [6.07, 6.45) is 0. The summed E-state index contributed by atoms with van der Waals surface area (Å²) in [6, 6.07) is 9.18. The van der Waals surface area contributed by atoms with Gasteiger partial charge in [0.25, 0.3) is 0 Å². The van der Waals surface area contributed by atoms with Crippen LogP contribution in [-0.4, -0.2) is 28.7 Å². The van der Waals surface area contributed by atoms with Crippen LogP contribution in [0.3, 0.4) is 0 Å². The molecule has 0 amide bonds. The third kappa shape index (κ3) is 2.47. The molecule has 3 rings (SSSR count). The Morgan fingerprint density at radius 1 is 1.19 bits per heavy atom. The minimum absolute atomic E-state index is 0.561. The summed E-state index contributed by atoms with van der Waals surface area (Å²) in [5.74, 6) is 1.95. The van der Waals surface area contributed by atoms with Gasteiger partial charge in [0.05, 0.1) is 19.2 Å². The number of fused-ring (bicyclic) bond motifs is 1. The van der Waals surface area contributed by atoms with E-state index in [2.05, 4.69) is 15.0 Å². The quantitative estimate of drug-likeness (QED) is 0.719. The summed E-state index contributed by atoms with van der Waals surface area (Å²) in [4.78, 5) is 12.0. The highest BCUT2D eigenvalue weighted by atomic mass is 16.5. The van der Waals surface area contributed by atoms with E-state index in [9.17, 15) is 0 Å². The standard InChI is InChI=1S/C15H16N4O2/c1-3-21-13-7-6-12-15(18-13)19-14(17-12)10-5-4-9(20-2)8-11(10)16/h4-8H,3,16H2,1-2H3,(H,17,18,19). The summed E-state index contributed by atoms with van der Waals surface area (Å²) < 4.78 is 10.5. The van der Waals surface area contributed by atoms with Crippen molar-refractivity contribution in [3.8, 4) is 23.0 Å². The molecule has 2 aromatic heterocycles. The number of nitrogen functional groups attached to an aromatic ring is 1. The molecule has 0 fully saturated rings. The Balaban J connectivity index is 2.04. The molecule has 1 aromatic carbocycles. The number of ether oxygens (including phenoxy) is 2. The van der Waals surface area contributed by atoms with Gasteiger partial charge in [0, 0.05) is 23.4 Å². The summed E-state index contributed by atoms with van der Waals surface area (Å²) in [7, 11) is 1.61. The van der Waals surface area contributed by atoms with Gasteiger partial charge in [-0.1, -0.05) is 0 Å². The Hall–Kier alpha value is -2.76. The van der Waals surface area contributed by atoms with Crippen molar-refractivity contribution in [1.29, 1.82) is 0 Å². The second-order valence-electron chi connectivity index (χ2n) is 4.49. The van der Waals surface area contributed by atoms with Gasteiger partial charge in [-0.2, -0.15) is 4.98 Å². The number of hydrogen-bond acceptors (Lipinski definition) is 5. The van der Waals surface area contributed by atoms with Crippen molar-refractivity contribution in [1.82, 2.24) is 15.0 Å². The smallest absolute Gasteiger partial charge is 0.215 e. The highest BCUT2D eigenvalue weighted by molar-refractivity contribution is 5.81. The van der Waals surface area contributed by atoms with Gasteiger partial charge in [0.15, 0.2) is 5.65 Å². The first-order valence-electron chi connectivity index (χ1n) is 6.64. The van der Waals surface area contributed by atoms with Gasteiger partial charge >= 0.3 is 0 Å². The molecule has 0 unspecified atom stereocenters. The summed E-state index contributed by atoms with van der Waals surface area (Å²) >= 11 is 0. The fourth-order valence-corrected chi connectivity index (χ4v) is 2.11. The van der Waals surface area contributed by atoms with Crippen LogP contribution in [-0.2, 0) is 0 Å². The van der Waals surface area contributed by atoms with Gasteiger partial charge < -0.3 is 20.2 Å². The van der Waals surface area contributed by atoms with Crippen molar-refractivity contribution in [3.63, 3.8) is 0 Å². The van der Waals surface area contributed by atoms with E-state index in [1.54, 1.807) is 13.2 Å². The predicted molar refractivity (Wildman–Crippen MR) is 81.5 cm³/mol.